The second-order valence-corrected chi connectivity index (χ2v) is 5.13. The minimum Gasteiger partial charge on any atom is -0.382 e. The largest absolute Gasteiger partial charge is 0.382 e. The van der Waals surface area contributed by atoms with E-state index in [2.05, 4.69) is 29.1 Å². The molecule has 5 nitrogen and oxygen atoms in total. The molecule has 0 atom stereocenters. The van der Waals surface area contributed by atoms with Crippen molar-refractivity contribution in [3.8, 4) is 11.2 Å². The number of hydrogen-bond acceptors (Lipinski definition) is 5. The van der Waals surface area contributed by atoms with Crippen molar-refractivity contribution < 1.29 is 0 Å². The van der Waals surface area contributed by atoms with Gasteiger partial charge in [0.25, 0.3) is 0 Å². The van der Waals surface area contributed by atoms with Crippen LogP contribution in [0.5, 0.6) is 0 Å². The number of nitriles is 1. The maximum atomic E-state index is 8.89. The quantitative estimate of drug-likeness (QED) is 0.775. The molecule has 0 saturated heterocycles. The summed E-state index contributed by atoms with van der Waals surface area (Å²) in [5.41, 5.74) is 8.43. The molecule has 0 aliphatic rings. The summed E-state index contributed by atoms with van der Waals surface area (Å²) in [7, 11) is 0. The topological polar surface area (TPSA) is 80.5 Å². The first-order chi connectivity index (χ1) is 9.22. The molecule has 6 heteroatoms. The first kappa shape index (κ1) is 11.7. The monoisotopic (exact) mass is 269 g/mol. The average molecular weight is 269 g/mol. The highest BCUT2D eigenvalue weighted by molar-refractivity contribution is 7.20. The van der Waals surface area contributed by atoms with Gasteiger partial charge in [0.2, 0.25) is 5.13 Å². The van der Waals surface area contributed by atoms with Crippen LogP contribution in [0, 0.1) is 11.3 Å². The van der Waals surface area contributed by atoms with E-state index < -0.39 is 0 Å². The second kappa shape index (κ2) is 4.37. The summed E-state index contributed by atoms with van der Waals surface area (Å²) in [5, 5.41) is 13.7. The molecule has 2 heterocycles. The number of aromatic nitrogens is 3. The van der Waals surface area contributed by atoms with Gasteiger partial charge in [-0.1, -0.05) is 24.3 Å². The minimum atomic E-state index is 0.331. The Morgan fingerprint density at radius 3 is 3.00 bits per heavy atom. The smallest absolute Gasteiger partial charge is 0.213 e. The molecule has 2 N–H and O–H groups in total. The number of thiazole rings is 1. The summed E-state index contributed by atoms with van der Waals surface area (Å²) in [6, 6.07) is 8.20. The third-order valence-corrected chi connectivity index (χ3v) is 3.95. The predicted octanol–water partition coefficient (Wildman–Crippen LogP) is 2.50. The molecule has 1 aromatic carbocycles. The highest BCUT2D eigenvalue weighted by Crippen LogP contribution is 2.27. The average Bonchev–Trinajstić information content (AvgIpc) is 3.00. The third-order valence-electron chi connectivity index (χ3n) is 2.96. The minimum absolute atomic E-state index is 0.331. The molecule has 3 rings (SSSR count). The number of benzene rings is 1. The normalized spacial score (nSPS) is 10.7. The molecule has 0 spiro atoms. The van der Waals surface area contributed by atoms with Crippen molar-refractivity contribution in [1.82, 2.24) is 14.8 Å². The van der Waals surface area contributed by atoms with Crippen molar-refractivity contribution in [1.29, 1.82) is 5.26 Å². The van der Waals surface area contributed by atoms with Crippen LogP contribution < -0.4 is 5.73 Å². The van der Waals surface area contributed by atoms with E-state index in [4.69, 9.17) is 11.0 Å². The van der Waals surface area contributed by atoms with Crippen LogP contribution in [-0.4, -0.2) is 14.8 Å². The van der Waals surface area contributed by atoms with Crippen LogP contribution in [0.2, 0.25) is 0 Å². The molecule has 0 bridgehead atoms. The predicted molar refractivity (Wildman–Crippen MR) is 75.2 cm³/mol. The maximum Gasteiger partial charge on any atom is 0.213 e. The highest BCUT2D eigenvalue weighted by atomic mass is 32.1. The lowest BCUT2D eigenvalue weighted by molar-refractivity contribution is 0.883. The van der Waals surface area contributed by atoms with Crippen molar-refractivity contribution >= 4 is 27.4 Å². The van der Waals surface area contributed by atoms with Gasteiger partial charge in [0.15, 0.2) is 0 Å². The fraction of sp³-hybridized carbons (Fsp3) is 0.154. The van der Waals surface area contributed by atoms with Gasteiger partial charge in [0.05, 0.1) is 16.4 Å². The Kier molecular flexibility index (Phi) is 2.69. The fourth-order valence-corrected chi connectivity index (χ4v) is 2.87. The van der Waals surface area contributed by atoms with Crippen molar-refractivity contribution in [2.45, 2.75) is 13.3 Å². The summed E-state index contributed by atoms with van der Waals surface area (Å²) in [6.07, 6.45) is 2.45. The zero-order valence-electron chi connectivity index (χ0n) is 10.3. The Bertz CT molecular complexity index is 793. The Morgan fingerprint density at radius 2 is 2.32 bits per heavy atom. The summed E-state index contributed by atoms with van der Waals surface area (Å²) in [6.45, 7) is 2.12. The van der Waals surface area contributed by atoms with Crippen LogP contribution in [0.25, 0.3) is 15.3 Å². The van der Waals surface area contributed by atoms with Crippen LogP contribution in [0.3, 0.4) is 0 Å². The molecule has 2 aromatic heterocycles. The second-order valence-electron chi connectivity index (χ2n) is 4.12. The van der Waals surface area contributed by atoms with Crippen LogP contribution in [0.15, 0.2) is 24.4 Å². The Hall–Kier alpha value is -2.39. The molecule has 94 valence electrons. The number of fused-ring (bicyclic) bond motifs is 1. The molecular weight excluding hydrogens is 258 g/mol. The van der Waals surface area contributed by atoms with E-state index in [0.29, 0.717) is 16.5 Å². The van der Waals surface area contributed by atoms with E-state index in [1.807, 2.05) is 12.1 Å². The van der Waals surface area contributed by atoms with Gasteiger partial charge >= 0.3 is 0 Å². The fourth-order valence-electron chi connectivity index (χ4n) is 1.86. The molecule has 0 unspecified atom stereocenters. The molecule has 0 saturated carbocycles. The van der Waals surface area contributed by atoms with Crippen LogP contribution >= 0.6 is 11.3 Å². The van der Waals surface area contributed by atoms with Crippen molar-refractivity contribution in [3.05, 3.63) is 35.5 Å². The Morgan fingerprint density at radius 1 is 1.47 bits per heavy atom. The molecule has 0 fully saturated rings. The Labute approximate surface area is 113 Å². The summed E-state index contributed by atoms with van der Waals surface area (Å²) < 4.78 is 2.61. The third kappa shape index (κ3) is 1.84. The standard InChI is InChI=1S/C13H11N5S/c1-2-8-3-4-10-11(5-8)19-13(17-10)18-12(15)9(6-14)7-16-18/h3-5,7H,2,15H2,1H3. The van der Waals surface area contributed by atoms with Gasteiger partial charge in [-0.15, -0.1) is 0 Å². The van der Waals surface area contributed by atoms with E-state index in [0.717, 1.165) is 16.6 Å². The summed E-state index contributed by atoms with van der Waals surface area (Å²) in [4.78, 5) is 4.50. The number of nitrogen functional groups attached to an aromatic ring is 1. The number of nitrogens with two attached hydrogens (primary N) is 1. The van der Waals surface area contributed by atoms with Gasteiger partial charge in [-0.05, 0) is 24.1 Å². The van der Waals surface area contributed by atoms with Gasteiger partial charge in [0.1, 0.15) is 17.5 Å². The zero-order chi connectivity index (χ0) is 13.4. The lowest BCUT2D eigenvalue weighted by Crippen LogP contribution is -2.01. The molecule has 0 aliphatic heterocycles. The zero-order valence-corrected chi connectivity index (χ0v) is 11.1. The van der Waals surface area contributed by atoms with Crippen LogP contribution in [0.1, 0.15) is 18.1 Å². The molecular formula is C13H11N5S. The van der Waals surface area contributed by atoms with Gasteiger partial charge in [0, 0.05) is 0 Å². The number of rotatable bonds is 2. The van der Waals surface area contributed by atoms with Crippen LogP contribution in [-0.2, 0) is 6.42 Å². The number of aryl methyl sites for hydroxylation is 1. The number of anilines is 1. The van der Waals surface area contributed by atoms with Crippen molar-refractivity contribution in [2.75, 3.05) is 5.73 Å². The van der Waals surface area contributed by atoms with Crippen molar-refractivity contribution in [2.24, 2.45) is 0 Å². The van der Waals surface area contributed by atoms with Gasteiger partial charge < -0.3 is 5.73 Å². The highest BCUT2D eigenvalue weighted by Gasteiger charge is 2.12. The summed E-state index contributed by atoms with van der Waals surface area (Å²) >= 11 is 1.52. The SMILES string of the molecule is CCc1ccc2nc(-n3ncc(C#N)c3N)sc2c1. The lowest BCUT2D eigenvalue weighted by atomic mass is 10.2. The molecule has 3 aromatic rings. The van der Waals surface area contributed by atoms with Gasteiger partial charge in [-0.25, -0.2) is 4.98 Å². The molecule has 0 amide bonds. The molecule has 0 radical (unpaired) electrons. The lowest BCUT2D eigenvalue weighted by Gasteiger charge is -1.96. The first-order valence-electron chi connectivity index (χ1n) is 5.86. The van der Waals surface area contributed by atoms with E-state index >= 15 is 0 Å². The first-order valence-corrected chi connectivity index (χ1v) is 6.68. The van der Waals surface area contributed by atoms with Gasteiger partial charge in [-0.3, -0.25) is 0 Å². The van der Waals surface area contributed by atoms with E-state index in [9.17, 15) is 0 Å². The Balaban J connectivity index is 2.15. The molecule has 19 heavy (non-hydrogen) atoms. The van der Waals surface area contributed by atoms with E-state index in [1.54, 1.807) is 0 Å². The van der Waals surface area contributed by atoms with Gasteiger partial charge in [-0.2, -0.15) is 15.0 Å². The number of nitrogens with zero attached hydrogens (tertiary/aromatic N) is 4. The van der Waals surface area contributed by atoms with Crippen LogP contribution in [0.4, 0.5) is 5.82 Å². The maximum absolute atomic E-state index is 8.89. The van der Waals surface area contributed by atoms with E-state index in [1.165, 1.54) is 27.8 Å². The van der Waals surface area contributed by atoms with Crippen molar-refractivity contribution in [3.63, 3.8) is 0 Å². The van der Waals surface area contributed by atoms with E-state index in [-0.39, 0.29) is 0 Å². The number of hydrogen-bond donors (Lipinski definition) is 1. The summed E-state index contributed by atoms with van der Waals surface area (Å²) in [5.74, 6) is 0.331. The molecule has 0 aliphatic carbocycles.